The standard InChI is InChI=1S/C11H16FNO2S/c1-3-16(14,15)7-6-13-11-5-4-10(12)8-9(11)2/h4-5,8,13H,3,6-7H2,1-2H3. The second kappa shape index (κ2) is 5.30. The van der Waals surface area contributed by atoms with E-state index in [0.29, 0.717) is 6.54 Å². The van der Waals surface area contributed by atoms with Crippen LogP contribution in [0.5, 0.6) is 0 Å². The molecule has 0 aromatic heterocycles. The van der Waals surface area contributed by atoms with Gasteiger partial charge in [-0.2, -0.15) is 0 Å². The molecular weight excluding hydrogens is 229 g/mol. The van der Waals surface area contributed by atoms with Crippen LogP contribution in [-0.2, 0) is 9.84 Å². The summed E-state index contributed by atoms with van der Waals surface area (Å²) in [6.07, 6.45) is 0. The number of aryl methyl sites for hydroxylation is 1. The van der Waals surface area contributed by atoms with Gasteiger partial charge in [0.2, 0.25) is 0 Å². The third kappa shape index (κ3) is 3.81. The minimum absolute atomic E-state index is 0.0975. The summed E-state index contributed by atoms with van der Waals surface area (Å²) >= 11 is 0. The molecule has 1 aromatic rings. The summed E-state index contributed by atoms with van der Waals surface area (Å²) in [5.74, 6) is -0.0403. The van der Waals surface area contributed by atoms with Crippen LogP contribution in [-0.4, -0.2) is 26.5 Å². The van der Waals surface area contributed by atoms with Gasteiger partial charge in [0.1, 0.15) is 5.82 Å². The lowest BCUT2D eigenvalue weighted by Crippen LogP contribution is -2.17. The van der Waals surface area contributed by atoms with Gasteiger partial charge in [0.25, 0.3) is 0 Å². The molecule has 0 saturated carbocycles. The van der Waals surface area contributed by atoms with Crippen molar-refractivity contribution in [2.75, 3.05) is 23.4 Å². The summed E-state index contributed by atoms with van der Waals surface area (Å²) in [6, 6.07) is 4.38. The van der Waals surface area contributed by atoms with Crippen LogP contribution >= 0.6 is 0 Å². The van der Waals surface area contributed by atoms with Crippen molar-refractivity contribution in [2.45, 2.75) is 13.8 Å². The maximum atomic E-state index is 12.8. The Kier molecular flexibility index (Phi) is 4.29. The van der Waals surface area contributed by atoms with E-state index in [2.05, 4.69) is 5.32 Å². The lowest BCUT2D eigenvalue weighted by Gasteiger charge is -2.09. The van der Waals surface area contributed by atoms with Crippen LogP contribution in [0.3, 0.4) is 0 Å². The third-order valence-corrected chi connectivity index (χ3v) is 4.06. The van der Waals surface area contributed by atoms with E-state index in [9.17, 15) is 12.8 Å². The van der Waals surface area contributed by atoms with Gasteiger partial charge in [-0.05, 0) is 30.7 Å². The molecule has 0 unspecified atom stereocenters. The van der Waals surface area contributed by atoms with Crippen molar-refractivity contribution < 1.29 is 12.8 Å². The molecule has 0 atom stereocenters. The first kappa shape index (κ1) is 13.0. The van der Waals surface area contributed by atoms with Crippen molar-refractivity contribution in [2.24, 2.45) is 0 Å². The minimum Gasteiger partial charge on any atom is -0.384 e. The Morgan fingerprint density at radius 2 is 2.06 bits per heavy atom. The van der Waals surface area contributed by atoms with Crippen LogP contribution in [0.2, 0.25) is 0 Å². The molecule has 0 heterocycles. The SMILES string of the molecule is CCS(=O)(=O)CCNc1ccc(F)cc1C. The highest BCUT2D eigenvalue weighted by Crippen LogP contribution is 2.15. The van der Waals surface area contributed by atoms with Crippen LogP contribution in [0.1, 0.15) is 12.5 Å². The fourth-order valence-corrected chi connectivity index (χ4v) is 2.01. The van der Waals surface area contributed by atoms with Crippen LogP contribution in [0, 0.1) is 12.7 Å². The van der Waals surface area contributed by atoms with Crippen molar-refractivity contribution >= 4 is 15.5 Å². The maximum Gasteiger partial charge on any atom is 0.151 e. The third-order valence-electron chi connectivity index (χ3n) is 2.36. The molecule has 1 rings (SSSR count). The lowest BCUT2D eigenvalue weighted by molar-refractivity contribution is 0.597. The molecule has 1 N–H and O–H groups in total. The maximum absolute atomic E-state index is 12.8. The largest absolute Gasteiger partial charge is 0.384 e. The van der Waals surface area contributed by atoms with E-state index in [4.69, 9.17) is 0 Å². The monoisotopic (exact) mass is 245 g/mol. The predicted octanol–water partition coefficient (Wildman–Crippen LogP) is 1.98. The molecule has 0 amide bonds. The van der Waals surface area contributed by atoms with Crippen LogP contribution < -0.4 is 5.32 Å². The first-order chi connectivity index (χ1) is 7.44. The van der Waals surface area contributed by atoms with Gasteiger partial charge in [0.15, 0.2) is 9.84 Å². The molecule has 0 aliphatic carbocycles. The summed E-state index contributed by atoms with van der Waals surface area (Å²) in [5, 5.41) is 2.98. The average molecular weight is 245 g/mol. The molecule has 90 valence electrons. The van der Waals surface area contributed by atoms with Gasteiger partial charge in [0, 0.05) is 18.0 Å². The van der Waals surface area contributed by atoms with E-state index in [1.165, 1.54) is 12.1 Å². The molecule has 0 radical (unpaired) electrons. The van der Waals surface area contributed by atoms with Crippen molar-refractivity contribution in [1.29, 1.82) is 0 Å². The second-order valence-corrected chi connectivity index (χ2v) is 6.10. The van der Waals surface area contributed by atoms with Crippen molar-refractivity contribution in [3.05, 3.63) is 29.6 Å². The quantitative estimate of drug-likeness (QED) is 0.862. The van der Waals surface area contributed by atoms with E-state index in [-0.39, 0.29) is 17.3 Å². The van der Waals surface area contributed by atoms with Crippen LogP contribution in [0.15, 0.2) is 18.2 Å². The van der Waals surface area contributed by atoms with E-state index in [0.717, 1.165) is 11.3 Å². The Morgan fingerprint density at radius 1 is 1.38 bits per heavy atom. The van der Waals surface area contributed by atoms with Gasteiger partial charge in [0.05, 0.1) is 5.75 Å². The van der Waals surface area contributed by atoms with Gasteiger partial charge < -0.3 is 5.32 Å². The Bertz CT molecular complexity index is 457. The van der Waals surface area contributed by atoms with Crippen molar-refractivity contribution in [3.63, 3.8) is 0 Å². The highest BCUT2D eigenvalue weighted by molar-refractivity contribution is 7.91. The van der Waals surface area contributed by atoms with Crippen molar-refractivity contribution in [3.8, 4) is 0 Å². The Morgan fingerprint density at radius 3 is 2.62 bits per heavy atom. The first-order valence-electron chi connectivity index (χ1n) is 5.15. The zero-order chi connectivity index (χ0) is 12.2. The van der Waals surface area contributed by atoms with E-state index >= 15 is 0 Å². The first-order valence-corrected chi connectivity index (χ1v) is 6.97. The van der Waals surface area contributed by atoms with Gasteiger partial charge in [-0.15, -0.1) is 0 Å². The molecule has 3 nitrogen and oxygen atoms in total. The number of halogens is 1. The summed E-state index contributed by atoms with van der Waals surface area (Å²) in [5.41, 5.74) is 1.54. The number of sulfone groups is 1. The molecule has 0 aliphatic rings. The van der Waals surface area contributed by atoms with Gasteiger partial charge in [-0.25, -0.2) is 12.8 Å². The lowest BCUT2D eigenvalue weighted by atomic mass is 10.2. The Balaban J connectivity index is 2.56. The van der Waals surface area contributed by atoms with Gasteiger partial charge >= 0.3 is 0 Å². The molecule has 16 heavy (non-hydrogen) atoms. The molecule has 1 aromatic carbocycles. The van der Waals surface area contributed by atoms with Gasteiger partial charge in [-0.1, -0.05) is 6.92 Å². The zero-order valence-electron chi connectivity index (χ0n) is 9.46. The zero-order valence-corrected chi connectivity index (χ0v) is 10.3. The summed E-state index contributed by atoms with van der Waals surface area (Å²) in [4.78, 5) is 0. The fourth-order valence-electron chi connectivity index (χ4n) is 1.31. The fraction of sp³-hybridized carbons (Fsp3) is 0.455. The molecule has 0 saturated heterocycles. The number of hydrogen-bond donors (Lipinski definition) is 1. The number of rotatable bonds is 5. The number of nitrogens with one attached hydrogen (secondary N) is 1. The highest BCUT2D eigenvalue weighted by Gasteiger charge is 2.07. The smallest absolute Gasteiger partial charge is 0.151 e. The molecular formula is C11H16FNO2S. The molecule has 0 spiro atoms. The van der Waals surface area contributed by atoms with Crippen LogP contribution in [0.4, 0.5) is 10.1 Å². The second-order valence-electron chi connectivity index (χ2n) is 3.62. The number of anilines is 1. The minimum atomic E-state index is -2.95. The molecule has 0 fully saturated rings. The van der Waals surface area contributed by atoms with E-state index in [1.54, 1.807) is 19.9 Å². The topological polar surface area (TPSA) is 46.2 Å². The summed E-state index contributed by atoms with van der Waals surface area (Å²) < 4.78 is 35.2. The number of benzene rings is 1. The highest BCUT2D eigenvalue weighted by atomic mass is 32.2. The molecule has 0 bridgehead atoms. The van der Waals surface area contributed by atoms with Crippen molar-refractivity contribution in [1.82, 2.24) is 0 Å². The molecule has 0 aliphatic heterocycles. The normalized spacial score (nSPS) is 11.4. The summed E-state index contributed by atoms with van der Waals surface area (Å²) in [6.45, 7) is 3.75. The molecule has 5 heteroatoms. The van der Waals surface area contributed by atoms with E-state index < -0.39 is 9.84 Å². The van der Waals surface area contributed by atoms with E-state index in [1.807, 2.05) is 0 Å². The Hall–Kier alpha value is -1.10. The van der Waals surface area contributed by atoms with Gasteiger partial charge in [-0.3, -0.25) is 0 Å². The van der Waals surface area contributed by atoms with Crippen LogP contribution in [0.25, 0.3) is 0 Å². The number of hydrogen-bond acceptors (Lipinski definition) is 3. The average Bonchev–Trinajstić information content (AvgIpc) is 2.21. The summed E-state index contributed by atoms with van der Waals surface area (Å²) in [7, 11) is -2.95. The Labute approximate surface area is 95.6 Å². The predicted molar refractivity (Wildman–Crippen MR) is 64.0 cm³/mol.